The number of ether oxygens (including phenoxy) is 1. The van der Waals surface area contributed by atoms with Crippen LogP contribution < -0.4 is 5.32 Å². The molecule has 2 amide bonds. The number of esters is 1. The lowest BCUT2D eigenvalue weighted by Crippen LogP contribution is -2.49. The monoisotopic (exact) mass is 320 g/mol. The summed E-state index contributed by atoms with van der Waals surface area (Å²) in [5, 5.41) is 2.77. The molecule has 1 heterocycles. The molecule has 6 heteroatoms. The van der Waals surface area contributed by atoms with Gasteiger partial charge in [-0.05, 0) is 30.5 Å². The van der Waals surface area contributed by atoms with Crippen LogP contribution in [0.15, 0.2) is 35.5 Å². The number of urea groups is 1. The molecule has 5 nitrogen and oxygen atoms in total. The molecule has 0 fully saturated rings. The lowest BCUT2D eigenvalue weighted by molar-refractivity contribution is -0.136. The molecule has 0 radical (unpaired) electrons. The Morgan fingerprint density at radius 3 is 2.70 bits per heavy atom. The molecule has 0 saturated heterocycles. The van der Waals surface area contributed by atoms with Gasteiger partial charge in [0.2, 0.25) is 0 Å². The van der Waals surface area contributed by atoms with Crippen molar-refractivity contribution in [3.05, 3.63) is 46.9 Å². The van der Waals surface area contributed by atoms with E-state index in [0.717, 1.165) is 0 Å². The fourth-order valence-corrected chi connectivity index (χ4v) is 2.68. The van der Waals surface area contributed by atoms with Crippen molar-refractivity contribution >= 4 is 12.0 Å². The molecule has 0 unspecified atom stereocenters. The minimum Gasteiger partial charge on any atom is -0.466 e. The van der Waals surface area contributed by atoms with E-state index in [1.54, 1.807) is 19.1 Å². The SMILES string of the molecule is COC(=O)C1=C(C)N(CC(C)C)C(=O)N[C@H]1c1cccc(F)c1. The van der Waals surface area contributed by atoms with E-state index in [2.05, 4.69) is 5.32 Å². The maximum atomic E-state index is 13.5. The van der Waals surface area contributed by atoms with Crippen molar-refractivity contribution in [2.45, 2.75) is 26.8 Å². The summed E-state index contributed by atoms with van der Waals surface area (Å²) < 4.78 is 18.4. The Morgan fingerprint density at radius 2 is 2.13 bits per heavy atom. The molecule has 1 aromatic carbocycles. The summed E-state index contributed by atoms with van der Waals surface area (Å²) in [7, 11) is 1.29. The Hall–Kier alpha value is -2.37. The molecule has 1 atom stereocenters. The summed E-state index contributed by atoms with van der Waals surface area (Å²) in [6.07, 6.45) is 0. The zero-order chi connectivity index (χ0) is 17.1. The van der Waals surface area contributed by atoms with Crippen LogP contribution in [0, 0.1) is 11.7 Å². The van der Waals surface area contributed by atoms with Crippen molar-refractivity contribution in [2.24, 2.45) is 5.92 Å². The van der Waals surface area contributed by atoms with E-state index in [0.29, 0.717) is 23.4 Å². The highest BCUT2D eigenvalue weighted by Gasteiger charge is 2.36. The summed E-state index contributed by atoms with van der Waals surface area (Å²) in [6, 6.07) is 4.80. The van der Waals surface area contributed by atoms with Gasteiger partial charge in [0.15, 0.2) is 0 Å². The van der Waals surface area contributed by atoms with E-state index in [-0.39, 0.29) is 11.9 Å². The summed E-state index contributed by atoms with van der Waals surface area (Å²) in [5.74, 6) is -0.728. The van der Waals surface area contributed by atoms with Gasteiger partial charge in [0.25, 0.3) is 0 Å². The Bertz CT molecular complexity index is 655. The topological polar surface area (TPSA) is 58.6 Å². The number of carbonyl (C=O) groups excluding carboxylic acids is 2. The van der Waals surface area contributed by atoms with Crippen LogP contribution in [0.2, 0.25) is 0 Å². The maximum Gasteiger partial charge on any atom is 0.337 e. The number of nitrogens with one attached hydrogen (secondary N) is 1. The Balaban J connectivity index is 2.52. The first-order chi connectivity index (χ1) is 10.8. The second-order valence-electron chi connectivity index (χ2n) is 5.93. The van der Waals surface area contributed by atoms with Gasteiger partial charge in [0.1, 0.15) is 5.82 Å². The quantitative estimate of drug-likeness (QED) is 0.868. The van der Waals surface area contributed by atoms with Gasteiger partial charge in [0.05, 0.1) is 18.7 Å². The van der Waals surface area contributed by atoms with Gasteiger partial charge in [-0.15, -0.1) is 0 Å². The van der Waals surface area contributed by atoms with Crippen molar-refractivity contribution in [3.63, 3.8) is 0 Å². The molecule has 2 rings (SSSR count). The molecule has 1 N–H and O–H groups in total. The number of rotatable bonds is 4. The standard InChI is InChI=1S/C17H21FN2O3/c1-10(2)9-20-11(3)14(16(21)23-4)15(19-17(20)22)12-6-5-7-13(18)8-12/h5-8,10,15H,9H2,1-4H3,(H,19,22)/t15-/m0/s1. The van der Waals surface area contributed by atoms with Crippen molar-refractivity contribution in [2.75, 3.05) is 13.7 Å². The third-order valence-corrected chi connectivity index (χ3v) is 3.73. The van der Waals surface area contributed by atoms with Crippen LogP contribution in [-0.4, -0.2) is 30.6 Å². The van der Waals surface area contributed by atoms with E-state index in [1.807, 2.05) is 13.8 Å². The van der Waals surface area contributed by atoms with E-state index >= 15 is 0 Å². The molecule has 0 spiro atoms. The van der Waals surface area contributed by atoms with Crippen LogP contribution in [0.4, 0.5) is 9.18 Å². The third kappa shape index (κ3) is 3.52. The van der Waals surface area contributed by atoms with Gasteiger partial charge in [-0.25, -0.2) is 14.0 Å². The number of nitrogens with zero attached hydrogens (tertiary/aromatic N) is 1. The number of hydrogen-bond donors (Lipinski definition) is 1. The first kappa shape index (κ1) is 17.0. The van der Waals surface area contributed by atoms with Crippen molar-refractivity contribution in [1.29, 1.82) is 0 Å². The summed E-state index contributed by atoms with van der Waals surface area (Å²) in [5.41, 5.74) is 1.35. The van der Waals surface area contributed by atoms with Gasteiger partial charge in [-0.1, -0.05) is 26.0 Å². The maximum absolute atomic E-state index is 13.5. The van der Waals surface area contributed by atoms with Crippen LogP contribution in [0.25, 0.3) is 0 Å². The predicted octanol–water partition coefficient (Wildman–Crippen LogP) is 3.00. The number of allylic oxidation sites excluding steroid dienone is 1. The number of amides is 2. The highest BCUT2D eigenvalue weighted by molar-refractivity contribution is 5.95. The van der Waals surface area contributed by atoms with Crippen LogP contribution in [0.1, 0.15) is 32.4 Å². The van der Waals surface area contributed by atoms with Crippen LogP contribution in [0.3, 0.4) is 0 Å². The van der Waals surface area contributed by atoms with Gasteiger partial charge in [-0.3, -0.25) is 4.90 Å². The second-order valence-corrected chi connectivity index (χ2v) is 5.93. The van der Waals surface area contributed by atoms with Crippen molar-refractivity contribution < 1.29 is 18.7 Å². The smallest absolute Gasteiger partial charge is 0.337 e. The van der Waals surface area contributed by atoms with Gasteiger partial charge in [-0.2, -0.15) is 0 Å². The number of halogens is 1. The molecular weight excluding hydrogens is 299 g/mol. The molecule has 23 heavy (non-hydrogen) atoms. The van der Waals surface area contributed by atoms with Gasteiger partial charge in [0, 0.05) is 12.2 Å². The normalized spacial score (nSPS) is 18.3. The lowest BCUT2D eigenvalue weighted by atomic mass is 9.94. The van der Waals surface area contributed by atoms with Crippen LogP contribution >= 0.6 is 0 Å². The third-order valence-electron chi connectivity index (χ3n) is 3.73. The van der Waals surface area contributed by atoms with Crippen LogP contribution in [0.5, 0.6) is 0 Å². The van der Waals surface area contributed by atoms with Crippen LogP contribution in [-0.2, 0) is 9.53 Å². The minimum atomic E-state index is -0.728. The largest absolute Gasteiger partial charge is 0.466 e. The number of hydrogen-bond acceptors (Lipinski definition) is 3. The highest BCUT2D eigenvalue weighted by Crippen LogP contribution is 2.31. The van der Waals surface area contributed by atoms with Gasteiger partial charge < -0.3 is 10.1 Å². The van der Waals surface area contributed by atoms with E-state index in [4.69, 9.17) is 4.74 Å². The molecule has 0 bridgehead atoms. The van der Waals surface area contributed by atoms with E-state index in [9.17, 15) is 14.0 Å². The zero-order valence-corrected chi connectivity index (χ0v) is 13.7. The highest BCUT2D eigenvalue weighted by atomic mass is 19.1. The van der Waals surface area contributed by atoms with Crippen molar-refractivity contribution in [3.8, 4) is 0 Å². The molecule has 1 aliphatic heterocycles. The number of benzene rings is 1. The summed E-state index contributed by atoms with van der Waals surface area (Å²) in [4.78, 5) is 26.2. The average Bonchev–Trinajstić information content (AvgIpc) is 2.50. The first-order valence-corrected chi connectivity index (χ1v) is 7.47. The average molecular weight is 320 g/mol. The fourth-order valence-electron chi connectivity index (χ4n) is 2.68. The molecular formula is C17H21FN2O3. The minimum absolute atomic E-state index is 0.236. The Morgan fingerprint density at radius 1 is 1.43 bits per heavy atom. The van der Waals surface area contributed by atoms with Crippen molar-refractivity contribution in [1.82, 2.24) is 10.2 Å². The second kappa shape index (κ2) is 6.81. The molecule has 0 saturated carbocycles. The number of methoxy groups -OCH3 is 1. The fraction of sp³-hybridized carbons (Fsp3) is 0.412. The number of carbonyl (C=O) groups is 2. The molecule has 124 valence electrons. The predicted molar refractivity (Wildman–Crippen MR) is 83.9 cm³/mol. The molecule has 0 aromatic heterocycles. The Kier molecular flexibility index (Phi) is 5.03. The summed E-state index contributed by atoms with van der Waals surface area (Å²) >= 11 is 0. The molecule has 1 aliphatic rings. The zero-order valence-electron chi connectivity index (χ0n) is 13.7. The molecule has 1 aromatic rings. The van der Waals surface area contributed by atoms with Gasteiger partial charge >= 0.3 is 12.0 Å². The summed E-state index contributed by atoms with van der Waals surface area (Å²) in [6.45, 7) is 6.15. The van der Waals surface area contributed by atoms with E-state index in [1.165, 1.54) is 24.1 Å². The molecule has 0 aliphatic carbocycles. The first-order valence-electron chi connectivity index (χ1n) is 7.47. The lowest BCUT2D eigenvalue weighted by Gasteiger charge is -2.36. The van der Waals surface area contributed by atoms with E-state index < -0.39 is 17.8 Å². The Labute approximate surface area is 135 Å².